The standard InChI is InChI=1S/C4H7F2O4P/c5-4(6)1-3(2-4)10-11(7,8)9/h3H,1-2H2,(H2,7,8,9)/p-2. The monoisotopic (exact) mass is 186 g/mol. The molecule has 7 heteroatoms. The molecule has 0 atom stereocenters. The molecule has 0 spiro atoms. The molecule has 1 aliphatic carbocycles. The highest BCUT2D eigenvalue weighted by Gasteiger charge is 2.46. The number of phosphoric acid groups is 1. The molecular weight excluding hydrogens is 181 g/mol. The summed E-state index contributed by atoms with van der Waals surface area (Å²) in [6.45, 7) is 0. The van der Waals surface area contributed by atoms with Crippen LogP contribution in [0.1, 0.15) is 12.8 Å². The summed E-state index contributed by atoms with van der Waals surface area (Å²) in [6.07, 6.45) is -2.48. The van der Waals surface area contributed by atoms with Gasteiger partial charge in [0.05, 0.1) is 13.9 Å². The van der Waals surface area contributed by atoms with Crippen LogP contribution < -0.4 is 9.79 Å². The van der Waals surface area contributed by atoms with Gasteiger partial charge in [-0.2, -0.15) is 0 Å². The molecule has 1 aliphatic rings. The van der Waals surface area contributed by atoms with Crippen LogP contribution in [0.15, 0.2) is 0 Å². The van der Waals surface area contributed by atoms with Crippen LogP contribution in [0, 0.1) is 0 Å². The Morgan fingerprint density at radius 3 is 2.18 bits per heavy atom. The van der Waals surface area contributed by atoms with Gasteiger partial charge in [0.2, 0.25) is 0 Å². The molecule has 1 fully saturated rings. The minimum Gasteiger partial charge on any atom is -0.790 e. The van der Waals surface area contributed by atoms with E-state index < -0.39 is 32.7 Å². The molecule has 1 rings (SSSR count). The lowest BCUT2D eigenvalue weighted by Crippen LogP contribution is -2.42. The number of rotatable bonds is 2. The third-order valence-corrected chi connectivity index (χ3v) is 1.89. The molecule has 0 aromatic carbocycles. The van der Waals surface area contributed by atoms with Crippen molar-refractivity contribution >= 4 is 7.82 Å². The summed E-state index contributed by atoms with van der Waals surface area (Å²) in [5.41, 5.74) is 0. The van der Waals surface area contributed by atoms with E-state index >= 15 is 0 Å². The van der Waals surface area contributed by atoms with Crippen molar-refractivity contribution in [2.45, 2.75) is 24.9 Å². The summed E-state index contributed by atoms with van der Waals surface area (Å²) in [5.74, 6) is -2.86. The maximum atomic E-state index is 12.0. The lowest BCUT2D eigenvalue weighted by molar-refractivity contribution is -0.349. The Morgan fingerprint density at radius 1 is 1.45 bits per heavy atom. The molecular formula is C4H5F2O4P-2. The SMILES string of the molecule is O=P([O-])([O-])OC1CC(F)(F)C1. The fourth-order valence-corrected chi connectivity index (χ4v) is 1.38. The van der Waals surface area contributed by atoms with Crippen LogP contribution in [0.3, 0.4) is 0 Å². The van der Waals surface area contributed by atoms with Gasteiger partial charge in [-0.1, -0.05) is 0 Å². The minimum atomic E-state index is -5.08. The molecule has 4 nitrogen and oxygen atoms in total. The van der Waals surface area contributed by atoms with Crippen molar-refractivity contribution in [2.75, 3.05) is 0 Å². The first-order chi connectivity index (χ1) is 4.79. The number of phosphoric ester groups is 1. The summed E-state index contributed by atoms with van der Waals surface area (Å²) in [5, 5.41) is 0. The van der Waals surface area contributed by atoms with Gasteiger partial charge in [-0.15, -0.1) is 0 Å². The average Bonchev–Trinajstić information content (AvgIpc) is 1.53. The molecule has 0 amide bonds. The molecule has 0 aromatic heterocycles. The van der Waals surface area contributed by atoms with Gasteiger partial charge < -0.3 is 18.9 Å². The van der Waals surface area contributed by atoms with Crippen LogP contribution in [0.4, 0.5) is 8.78 Å². The van der Waals surface area contributed by atoms with Gasteiger partial charge >= 0.3 is 0 Å². The highest BCUT2D eigenvalue weighted by molar-refractivity contribution is 7.43. The fraction of sp³-hybridized carbons (Fsp3) is 1.00. The van der Waals surface area contributed by atoms with Crippen molar-refractivity contribution in [2.24, 2.45) is 0 Å². The summed E-state index contributed by atoms with van der Waals surface area (Å²) in [7, 11) is -5.08. The Bertz CT molecular complexity index is 192. The molecule has 0 bridgehead atoms. The molecule has 0 unspecified atom stereocenters. The Hall–Kier alpha value is -0.0300. The van der Waals surface area contributed by atoms with Crippen molar-refractivity contribution < 1.29 is 27.7 Å². The summed E-state index contributed by atoms with van der Waals surface area (Å²) < 4.78 is 37.6. The van der Waals surface area contributed by atoms with Gasteiger partial charge in [-0.25, -0.2) is 8.78 Å². The van der Waals surface area contributed by atoms with Crippen molar-refractivity contribution in [3.63, 3.8) is 0 Å². The highest BCUT2D eigenvalue weighted by Crippen LogP contribution is 2.44. The van der Waals surface area contributed by atoms with Gasteiger partial charge in [0, 0.05) is 12.8 Å². The molecule has 0 saturated heterocycles. The predicted molar refractivity (Wildman–Crippen MR) is 26.7 cm³/mol. The van der Waals surface area contributed by atoms with Crippen LogP contribution in [0.2, 0.25) is 0 Å². The predicted octanol–water partition coefficient (Wildman–Crippen LogP) is -0.371. The largest absolute Gasteiger partial charge is 0.790 e. The van der Waals surface area contributed by atoms with Crippen molar-refractivity contribution in [3.8, 4) is 0 Å². The first-order valence-corrected chi connectivity index (χ1v) is 4.33. The average molecular weight is 186 g/mol. The first kappa shape index (κ1) is 9.06. The van der Waals surface area contributed by atoms with Crippen LogP contribution in [-0.2, 0) is 9.09 Å². The Kier molecular flexibility index (Phi) is 2.05. The number of hydrogen-bond donors (Lipinski definition) is 0. The maximum absolute atomic E-state index is 12.0. The molecule has 0 aromatic rings. The van der Waals surface area contributed by atoms with Gasteiger partial charge in [0.1, 0.15) is 0 Å². The van der Waals surface area contributed by atoms with Crippen LogP contribution >= 0.6 is 7.82 Å². The second-order valence-electron chi connectivity index (χ2n) is 2.44. The van der Waals surface area contributed by atoms with Crippen molar-refractivity contribution in [1.29, 1.82) is 0 Å². The zero-order chi connectivity index (χ0) is 8.70. The topological polar surface area (TPSA) is 72.4 Å². The zero-order valence-electron chi connectivity index (χ0n) is 5.33. The smallest absolute Gasteiger partial charge is 0.253 e. The number of alkyl halides is 2. The first-order valence-electron chi connectivity index (χ1n) is 2.87. The molecule has 0 aliphatic heterocycles. The van der Waals surface area contributed by atoms with E-state index in [2.05, 4.69) is 4.52 Å². The van der Waals surface area contributed by atoms with E-state index in [9.17, 15) is 23.1 Å². The third-order valence-electron chi connectivity index (χ3n) is 1.33. The van der Waals surface area contributed by atoms with E-state index in [1.165, 1.54) is 0 Å². The van der Waals surface area contributed by atoms with E-state index in [0.29, 0.717) is 0 Å². The van der Waals surface area contributed by atoms with E-state index in [4.69, 9.17) is 0 Å². The molecule has 66 valence electrons. The fourth-order valence-electron chi connectivity index (χ4n) is 0.864. The second kappa shape index (κ2) is 2.48. The van der Waals surface area contributed by atoms with E-state index in [0.717, 1.165) is 0 Å². The van der Waals surface area contributed by atoms with Crippen molar-refractivity contribution in [3.05, 3.63) is 0 Å². The summed E-state index contributed by atoms with van der Waals surface area (Å²) >= 11 is 0. The normalized spacial score (nSPS) is 24.7. The molecule has 1 saturated carbocycles. The third kappa shape index (κ3) is 2.83. The number of halogens is 2. The lowest BCUT2D eigenvalue weighted by atomic mass is 9.91. The second-order valence-corrected chi connectivity index (χ2v) is 3.54. The molecule has 0 radical (unpaired) electrons. The Balaban J connectivity index is 2.30. The Morgan fingerprint density at radius 2 is 1.91 bits per heavy atom. The van der Waals surface area contributed by atoms with Crippen LogP contribution in [-0.4, -0.2) is 12.0 Å². The number of hydrogen-bond acceptors (Lipinski definition) is 4. The Labute approximate surface area is 61.4 Å². The van der Waals surface area contributed by atoms with Crippen LogP contribution in [0.5, 0.6) is 0 Å². The minimum absolute atomic E-state index is 0.679. The van der Waals surface area contributed by atoms with E-state index in [-0.39, 0.29) is 0 Å². The summed E-state index contributed by atoms with van der Waals surface area (Å²) in [4.78, 5) is 19.7. The zero-order valence-corrected chi connectivity index (χ0v) is 6.22. The van der Waals surface area contributed by atoms with Gasteiger partial charge in [-0.05, 0) is 0 Å². The lowest BCUT2D eigenvalue weighted by Gasteiger charge is -2.41. The molecule has 0 N–H and O–H groups in total. The summed E-state index contributed by atoms with van der Waals surface area (Å²) in [6, 6.07) is 0. The van der Waals surface area contributed by atoms with Gasteiger partial charge in [0.15, 0.2) is 0 Å². The van der Waals surface area contributed by atoms with Gasteiger partial charge in [0.25, 0.3) is 5.92 Å². The van der Waals surface area contributed by atoms with Crippen molar-refractivity contribution in [1.82, 2.24) is 0 Å². The van der Waals surface area contributed by atoms with Gasteiger partial charge in [-0.3, -0.25) is 0 Å². The molecule has 11 heavy (non-hydrogen) atoms. The molecule has 0 heterocycles. The van der Waals surface area contributed by atoms with E-state index in [1.807, 2.05) is 0 Å². The highest BCUT2D eigenvalue weighted by atomic mass is 31.2. The maximum Gasteiger partial charge on any atom is 0.253 e. The van der Waals surface area contributed by atoms with E-state index in [1.54, 1.807) is 0 Å². The van der Waals surface area contributed by atoms with Crippen LogP contribution in [0.25, 0.3) is 0 Å². The quantitative estimate of drug-likeness (QED) is 0.551.